The Morgan fingerprint density at radius 2 is 2.22 bits per heavy atom. The zero-order valence-electron chi connectivity index (χ0n) is 9.94. The van der Waals surface area contributed by atoms with Gasteiger partial charge in [-0.05, 0) is 18.1 Å². The second kappa shape index (κ2) is 5.69. The average Bonchev–Trinajstić information content (AvgIpc) is 2.82. The standard InChI is InChI=1S/C13H13ClN2O2/c1-9-12(18-8-16-9)13(17)15-7-11-4-2-3-10(5-11)6-14/h2-5,8H,6-7H2,1H3,(H,15,17). The molecule has 1 aromatic heterocycles. The second-order valence-corrected chi connectivity index (χ2v) is 4.17. The van der Waals surface area contributed by atoms with Crippen molar-refractivity contribution in [3.05, 3.63) is 53.2 Å². The predicted octanol–water partition coefficient (Wildman–Crippen LogP) is 2.65. The van der Waals surface area contributed by atoms with Crippen molar-refractivity contribution in [1.29, 1.82) is 0 Å². The largest absolute Gasteiger partial charge is 0.438 e. The first kappa shape index (κ1) is 12.6. The Kier molecular flexibility index (Phi) is 3.99. The first-order chi connectivity index (χ1) is 8.70. The van der Waals surface area contributed by atoms with E-state index in [1.54, 1.807) is 6.92 Å². The van der Waals surface area contributed by atoms with E-state index in [2.05, 4.69) is 10.3 Å². The third-order valence-electron chi connectivity index (χ3n) is 2.55. The molecular weight excluding hydrogens is 252 g/mol. The molecule has 0 fully saturated rings. The van der Waals surface area contributed by atoms with Crippen LogP contribution in [-0.2, 0) is 12.4 Å². The fraction of sp³-hybridized carbons (Fsp3) is 0.231. The molecule has 94 valence electrons. The minimum Gasteiger partial charge on any atom is -0.438 e. The van der Waals surface area contributed by atoms with Crippen LogP contribution >= 0.6 is 11.6 Å². The molecule has 0 saturated heterocycles. The summed E-state index contributed by atoms with van der Waals surface area (Å²) in [6.45, 7) is 2.16. The lowest BCUT2D eigenvalue weighted by Crippen LogP contribution is -2.23. The summed E-state index contributed by atoms with van der Waals surface area (Å²) in [6.07, 6.45) is 1.26. The number of oxazole rings is 1. The first-order valence-electron chi connectivity index (χ1n) is 5.53. The van der Waals surface area contributed by atoms with Gasteiger partial charge in [0.2, 0.25) is 5.76 Å². The number of hydrogen-bond acceptors (Lipinski definition) is 3. The molecule has 1 aromatic carbocycles. The molecule has 1 N–H and O–H groups in total. The number of amides is 1. The molecule has 0 bridgehead atoms. The normalized spacial score (nSPS) is 10.3. The Balaban J connectivity index is 1.99. The number of nitrogens with one attached hydrogen (secondary N) is 1. The van der Waals surface area contributed by atoms with E-state index in [1.165, 1.54) is 6.39 Å². The van der Waals surface area contributed by atoms with E-state index < -0.39 is 0 Å². The number of alkyl halides is 1. The third-order valence-corrected chi connectivity index (χ3v) is 2.86. The summed E-state index contributed by atoms with van der Waals surface area (Å²) >= 11 is 5.75. The lowest BCUT2D eigenvalue weighted by Gasteiger charge is -2.05. The van der Waals surface area contributed by atoms with Crippen molar-refractivity contribution in [1.82, 2.24) is 10.3 Å². The highest BCUT2D eigenvalue weighted by Crippen LogP contribution is 2.09. The maximum Gasteiger partial charge on any atom is 0.289 e. The third kappa shape index (κ3) is 2.90. The van der Waals surface area contributed by atoms with Gasteiger partial charge in [0.05, 0.1) is 5.69 Å². The summed E-state index contributed by atoms with van der Waals surface area (Å²) in [6, 6.07) is 7.75. The van der Waals surface area contributed by atoms with Gasteiger partial charge in [-0.15, -0.1) is 11.6 Å². The van der Waals surface area contributed by atoms with E-state index in [0.29, 0.717) is 18.1 Å². The molecule has 18 heavy (non-hydrogen) atoms. The van der Waals surface area contributed by atoms with E-state index in [-0.39, 0.29) is 11.7 Å². The summed E-state index contributed by atoms with van der Waals surface area (Å²) in [7, 11) is 0. The molecule has 0 aliphatic heterocycles. The molecule has 2 rings (SSSR count). The SMILES string of the molecule is Cc1ncoc1C(=O)NCc1cccc(CCl)c1. The van der Waals surface area contributed by atoms with Crippen molar-refractivity contribution < 1.29 is 9.21 Å². The van der Waals surface area contributed by atoms with Crippen LogP contribution in [0.25, 0.3) is 0 Å². The molecule has 1 amide bonds. The molecule has 0 atom stereocenters. The number of aryl methyl sites for hydroxylation is 1. The number of benzene rings is 1. The number of carbonyl (C=O) groups excluding carboxylic acids is 1. The Hall–Kier alpha value is -1.81. The van der Waals surface area contributed by atoms with Crippen molar-refractivity contribution in [3.8, 4) is 0 Å². The summed E-state index contributed by atoms with van der Waals surface area (Å²) in [4.78, 5) is 15.7. The van der Waals surface area contributed by atoms with Crippen LogP contribution in [0.4, 0.5) is 0 Å². The fourth-order valence-electron chi connectivity index (χ4n) is 1.61. The monoisotopic (exact) mass is 264 g/mol. The molecule has 0 saturated carbocycles. The van der Waals surface area contributed by atoms with Gasteiger partial charge < -0.3 is 9.73 Å². The number of halogens is 1. The van der Waals surface area contributed by atoms with E-state index >= 15 is 0 Å². The topological polar surface area (TPSA) is 55.1 Å². The molecule has 0 aliphatic carbocycles. The van der Waals surface area contributed by atoms with E-state index in [0.717, 1.165) is 11.1 Å². The zero-order valence-corrected chi connectivity index (χ0v) is 10.7. The highest BCUT2D eigenvalue weighted by atomic mass is 35.5. The van der Waals surface area contributed by atoms with Gasteiger partial charge in [0.15, 0.2) is 6.39 Å². The van der Waals surface area contributed by atoms with Crippen molar-refractivity contribution in [2.45, 2.75) is 19.3 Å². The lowest BCUT2D eigenvalue weighted by molar-refractivity contribution is 0.0922. The second-order valence-electron chi connectivity index (χ2n) is 3.90. The number of carbonyl (C=O) groups is 1. The fourth-order valence-corrected chi connectivity index (χ4v) is 1.77. The van der Waals surface area contributed by atoms with E-state index in [4.69, 9.17) is 16.0 Å². The Bertz CT molecular complexity index is 551. The average molecular weight is 265 g/mol. The van der Waals surface area contributed by atoms with Crippen LogP contribution in [0.5, 0.6) is 0 Å². The maximum absolute atomic E-state index is 11.8. The molecule has 5 heteroatoms. The van der Waals surface area contributed by atoms with Crippen LogP contribution in [0, 0.1) is 6.92 Å². The molecule has 0 aliphatic rings. The quantitative estimate of drug-likeness (QED) is 0.864. The molecular formula is C13H13ClN2O2. The Morgan fingerprint density at radius 1 is 1.44 bits per heavy atom. The minimum absolute atomic E-state index is 0.253. The van der Waals surface area contributed by atoms with E-state index in [9.17, 15) is 4.79 Å². The Morgan fingerprint density at radius 3 is 2.89 bits per heavy atom. The summed E-state index contributed by atoms with van der Waals surface area (Å²) in [5, 5.41) is 2.78. The van der Waals surface area contributed by atoms with Crippen LogP contribution in [0.15, 0.2) is 35.1 Å². The van der Waals surface area contributed by atoms with Crippen LogP contribution in [0.2, 0.25) is 0 Å². The summed E-state index contributed by atoms with van der Waals surface area (Å²) in [5.41, 5.74) is 2.61. The molecule has 2 aromatic rings. The van der Waals surface area contributed by atoms with Gasteiger partial charge >= 0.3 is 0 Å². The molecule has 0 radical (unpaired) electrons. The molecule has 1 heterocycles. The zero-order chi connectivity index (χ0) is 13.0. The Labute approximate surface area is 110 Å². The van der Waals surface area contributed by atoms with Crippen molar-refractivity contribution in [2.75, 3.05) is 0 Å². The van der Waals surface area contributed by atoms with Crippen molar-refractivity contribution in [3.63, 3.8) is 0 Å². The lowest BCUT2D eigenvalue weighted by atomic mass is 10.1. The van der Waals surface area contributed by atoms with Gasteiger partial charge in [-0.25, -0.2) is 4.98 Å². The number of aromatic nitrogens is 1. The first-order valence-corrected chi connectivity index (χ1v) is 6.06. The number of nitrogens with zero attached hydrogens (tertiary/aromatic N) is 1. The van der Waals surface area contributed by atoms with Crippen LogP contribution in [0.1, 0.15) is 27.4 Å². The van der Waals surface area contributed by atoms with Gasteiger partial charge in [-0.3, -0.25) is 4.79 Å². The number of hydrogen-bond donors (Lipinski definition) is 1. The van der Waals surface area contributed by atoms with E-state index in [1.807, 2.05) is 24.3 Å². The smallest absolute Gasteiger partial charge is 0.289 e. The number of rotatable bonds is 4. The highest BCUT2D eigenvalue weighted by molar-refractivity contribution is 6.17. The molecule has 4 nitrogen and oxygen atoms in total. The van der Waals surface area contributed by atoms with Crippen LogP contribution in [-0.4, -0.2) is 10.9 Å². The van der Waals surface area contributed by atoms with Gasteiger partial charge in [0.1, 0.15) is 0 Å². The van der Waals surface area contributed by atoms with Gasteiger partial charge in [-0.1, -0.05) is 24.3 Å². The molecule has 0 spiro atoms. The highest BCUT2D eigenvalue weighted by Gasteiger charge is 2.13. The van der Waals surface area contributed by atoms with Crippen LogP contribution in [0.3, 0.4) is 0 Å². The van der Waals surface area contributed by atoms with Gasteiger partial charge in [0, 0.05) is 12.4 Å². The molecule has 0 unspecified atom stereocenters. The summed E-state index contributed by atoms with van der Waals surface area (Å²) in [5.74, 6) is 0.452. The minimum atomic E-state index is -0.263. The maximum atomic E-state index is 11.8. The van der Waals surface area contributed by atoms with Gasteiger partial charge in [0.25, 0.3) is 5.91 Å². The van der Waals surface area contributed by atoms with Crippen molar-refractivity contribution in [2.24, 2.45) is 0 Å². The summed E-state index contributed by atoms with van der Waals surface area (Å²) < 4.78 is 5.02. The van der Waals surface area contributed by atoms with Crippen LogP contribution < -0.4 is 5.32 Å². The van der Waals surface area contributed by atoms with Crippen molar-refractivity contribution >= 4 is 17.5 Å². The predicted molar refractivity (Wildman–Crippen MR) is 68.4 cm³/mol. The van der Waals surface area contributed by atoms with Gasteiger partial charge in [-0.2, -0.15) is 0 Å².